The minimum absolute atomic E-state index is 0.338. The topological polar surface area (TPSA) is 47.3 Å². The molecule has 72 valence electrons. The van der Waals surface area contributed by atoms with Gasteiger partial charge in [0.1, 0.15) is 12.0 Å². The molecule has 1 aliphatic heterocycles. The number of hydrogen-bond donors (Lipinski definition) is 1. The van der Waals surface area contributed by atoms with Crippen LogP contribution in [0.2, 0.25) is 0 Å². The van der Waals surface area contributed by atoms with Crippen molar-refractivity contribution in [3.63, 3.8) is 0 Å². The van der Waals surface area contributed by atoms with Crippen molar-refractivity contribution in [3.05, 3.63) is 18.4 Å². The van der Waals surface area contributed by atoms with Gasteiger partial charge < -0.3 is 14.5 Å². The molecule has 0 saturated carbocycles. The van der Waals surface area contributed by atoms with Crippen LogP contribution >= 0.6 is 0 Å². The Morgan fingerprint density at radius 3 is 3.38 bits per heavy atom. The molecule has 13 heavy (non-hydrogen) atoms. The van der Waals surface area contributed by atoms with Crippen molar-refractivity contribution in [2.45, 2.75) is 25.6 Å². The second-order valence-electron chi connectivity index (χ2n) is 3.26. The van der Waals surface area contributed by atoms with Crippen molar-refractivity contribution >= 4 is 0 Å². The average molecular weight is 182 g/mol. The highest BCUT2D eigenvalue weighted by Gasteiger charge is 2.13. The van der Waals surface area contributed by atoms with Gasteiger partial charge in [-0.15, -0.1) is 0 Å². The van der Waals surface area contributed by atoms with Crippen molar-refractivity contribution in [1.82, 2.24) is 10.3 Å². The second kappa shape index (κ2) is 4.39. The zero-order chi connectivity index (χ0) is 8.93. The van der Waals surface area contributed by atoms with Gasteiger partial charge in [0, 0.05) is 6.54 Å². The van der Waals surface area contributed by atoms with Crippen LogP contribution in [-0.4, -0.2) is 24.2 Å². The van der Waals surface area contributed by atoms with Crippen LogP contribution in [-0.2, 0) is 11.3 Å². The first-order valence-electron chi connectivity index (χ1n) is 4.64. The van der Waals surface area contributed by atoms with Crippen LogP contribution in [0.4, 0.5) is 0 Å². The highest BCUT2D eigenvalue weighted by atomic mass is 16.5. The van der Waals surface area contributed by atoms with Crippen molar-refractivity contribution in [3.8, 4) is 0 Å². The molecule has 0 radical (unpaired) electrons. The zero-order valence-electron chi connectivity index (χ0n) is 7.53. The third-order valence-corrected chi connectivity index (χ3v) is 2.20. The molecule has 2 rings (SSSR count). The Morgan fingerprint density at radius 1 is 1.69 bits per heavy atom. The molecule has 4 heteroatoms. The summed E-state index contributed by atoms with van der Waals surface area (Å²) in [7, 11) is 0. The van der Waals surface area contributed by atoms with E-state index in [9.17, 15) is 0 Å². The zero-order valence-corrected chi connectivity index (χ0v) is 7.53. The van der Waals surface area contributed by atoms with Gasteiger partial charge >= 0.3 is 0 Å². The molecule has 1 aliphatic rings. The second-order valence-corrected chi connectivity index (χ2v) is 3.26. The van der Waals surface area contributed by atoms with E-state index in [0.717, 1.165) is 25.2 Å². The first kappa shape index (κ1) is 8.72. The van der Waals surface area contributed by atoms with E-state index in [2.05, 4.69) is 10.3 Å². The molecule has 0 aromatic carbocycles. The maximum absolute atomic E-state index is 5.64. The maximum atomic E-state index is 5.64. The fourth-order valence-electron chi connectivity index (χ4n) is 1.47. The molecule has 0 amide bonds. The Balaban J connectivity index is 1.72. The van der Waals surface area contributed by atoms with Crippen LogP contribution in [0.15, 0.2) is 17.1 Å². The smallest absolute Gasteiger partial charge is 0.180 e. The van der Waals surface area contributed by atoms with Crippen LogP contribution in [0.1, 0.15) is 18.5 Å². The summed E-state index contributed by atoms with van der Waals surface area (Å²) in [5.41, 5.74) is 0.866. The molecule has 1 unspecified atom stereocenters. The lowest BCUT2D eigenvalue weighted by atomic mass is 10.1. The van der Waals surface area contributed by atoms with Gasteiger partial charge in [0.25, 0.3) is 0 Å². The van der Waals surface area contributed by atoms with Gasteiger partial charge in [0.15, 0.2) is 6.39 Å². The predicted molar refractivity (Wildman–Crippen MR) is 47.2 cm³/mol. The number of ether oxygens (including phenoxy) is 1. The van der Waals surface area contributed by atoms with Gasteiger partial charge in [-0.3, -0.25) is 0 Å². The molecule has 1 fully saturated rings. The highest BCUT2D eigenvalue weighted by Crippen LogP contribution is 2.08. The summed E-state index contributed by atoms with van der Waals surface area (Å²) < 4.78 is 10.5. The Hall–Kier alpha value is -0.870. The normalized spacial score (nSPS) is 23.2. The van der Waals surface area contributed by atoms with Crippen molar-refractivity contribution < 1.29 is 9.15 Å². The number of aromatic nitrogens is 1. The summed E-state index contributed by atoms with van der Waals surface area (Å²) in [5, 5.41) is 3.30. The van der Waals surface area contributed by atoms with E-state index in [1.54, 1.807) is 6.26 Å². The largest absolute Gasteiger partial charge is 0.451 e. The van der Waals surface area contributed by atoms with E-state index in [1.165, 1.54) is 12.8 Å². The lowest BCUT2D eigenvalue weighted by Gasteiger charge is -2.22. The molecule has 0 spiro atoms. The number of piperidine rings is 1. The summed E-state index contributed by atoms with van der Waals surface area (Å²) in [6.07, 6.45) is 5.73. The third kappa shape index (κ3) is 2.54. The number of oxazole rings is 1. The van der Waals surface area contributed by atoms with Gasteiger partial charge in [-0.25, -0.2) is 4.98 Å². The highest BCUT2D eigenvalue weighted by molar-refractivity contribution is 4.88. The summed E-state index contributed by atoms with van der Waals surface area (Å²) in [6.45, 7) is 2.63. The molecular formula is C9H14N2O2. The Kier molecular flexibility index (Phi) is 2.94. The Bertz CT molecular complexity index is 230. The number of nitrogens with zero attached hydrogens (tertiary/aromatic N) is 1. The molecule has 1 aromatic heterocycles. The standard InChI is InChI=1S/C9H14N2O2/c1-2-9(4-10-3-1)13-6-8-5-12-7-11-8/h5,7,9-10H,1-4,6H2. The maximum Gasteiger partial charge on any atom is 0.180 e. The molecule has 2 heterocycles. The monoisotopic (exact) mass is 182 g/mol. The summed E-state index contributed by atoms with van der Waals surface area (Å²) in [5.74, 6) is 0. The lowest BCUT2D eigenvalue weighted by Crippen LogP contribution is -2.35. The van der Waals surface area contributed by atoms with Gasteiger partial charge in [-0.05, 0) is 19.4 Å². The SMILES string of the molecule is c1nc(COC2CCCNC2)co1. The molecule has 1 aromatic rings. The Morgan fingerprint density at radius 2 is 2.69 bits per heavy atom. The minimum Gasteiger partial charge on any atom is -0.451 e. The van der Waals surface area contributed by atoms with Gasteiger partial charge in [0.05, 0.1) is 12.7 Å². The van der Waals surface area contributed by atoms with E-state index in [1.807, 2.05) is 0 Å². The van der Waals surface area contributed by atoms with E-state index in [4.69, 9.17) is 9.15 Å². The quantitative estimate of drug-likeness (QED) is 0.755. The van der Waals surface area contributed by atoms with Crippen molar-refractivity contribution in [2.24, 2.45) is 0 Å². The van der Waals surface area contributed by atoms with Crippen LogP contribution in [0.5, 0.6) is 0 Å². The fraction of sp³-hybridized carbons (Fsp3) is 0.667. The third-order valence-electron chi connectivity index (χ3n) is 2.20. The van der Waals surface area contributed by atoms with Gasteiger partial charge in [0.2, 0.25) is 0 Å². The molecule has 1 atom stereocenters. The number of nitrogens with one attached hydrogen (secondary N) is 1. The molecular weight excluding hydrogens is 168 g/mol. The van der Waals surface area contributed by atoms with E-state index in [-0.39, 0.29) is 0 Å². The average Bonchev–Trinajstić information content (AvgIpc) is 2.69. The van der Waals surface area contributed by atoms with Crippen LogP contribution < -0.4 is 5.32 Å². The van der Waals surface area contributed by atoms with E-state index in [0.29, 0.717) is 12.7 Å². The van der Waals surface area contributed by atoms with E-state index < -0.39 is 0 Å². The molecule has 1 N–H and O–H groups in total. The van der Waals surface area contributed by atoms with E-state index >= 15 is 0 Å². The van der Waals surface area contributed by atoms with Crippen molar-refractivity contribution in [2.75, 3.05) is 13.1 Å². The number of hydrogen-bond acceptors (Lipinski definition) is 4. The summed E-state index contributed by atoms with van der Waals surface area (Å²) in [4.78, 5) is 3.99. The first-order valence-corrected chi connectivity index (χ1v) is 4.64. The fourth-order valence-corrected chi connectivity index (χ4v) is 1.47. The minimum atomic E-state index is 0.338. The Labute approximate surface area is 77.3 Å². The van der Waals surface area contributed by atoms with Gasteiger partial charge in [-0.2, -0.15) is 0 Å². The number of rotatable bonds is 3. The van der Waals surface area contributed by atoms with Crippen LogP contribution in [0.3, 0.4) is 0 Å². The van der Waals surface area contributed by atoms with Crippen molar-refractivity contribution in [1.29, 1.82) is 0 Å². The predicted octanol–water partition coefficient (Wildman–Crippen LogP) is 0.943. The lowest BCUT2D eigenvalue weighted by molar-refractivity contribution is 0.0236. The van der Waals surface area contributed by atoms with Gasteiger partial charge in [-0.1, -0.05) is 0 Å². The first-order chi connectivity index (χ1) is 6.45. The van der Waals surface area contributed by atoms with Crippen LogP contribution in [0, 0.1) is 0 Å². The summed E-state index contributed by atoms with van der Waals surface area (Å²) >= 11 is 0. The molecule has 1 saturated heterocycles. The molecule has 0 bridgehead atoms. The molecule has 0 aliphatic carbocycles. The summed E-state index contributed by atoms with van der Waals surface area (Å²) in [6, 6.07) is 0. The van der Waals surface area contributed by atoms with Crippen LogP contribution in [0.25, 0.3) is 0 Å². The molecule has 4 nitrogen and oxygen atoms in total.